The van der Waals surface area contributed by atoms with E-state index >= 15 is 0 Å². The van der Waals surface area contributed by atoms with Crippen LogP contribution in [0.4, 0.5) is 0 Å². The fourth-order valence-electron chi connectivity index (χ4n) is 2.32. The molecule has 0 spiro atoms. The van der Waals surface area contributed by atoms with Crippen molar-refractivity contribution >= 4 is 21.8 Å². The molecule has 104 valence electrons. The average molecular weight is 328 g/mol. The Labute approximate surface area is 121 Å². The lowest BCUT2D eigenvalue weighted by Gasteiger charge is -2.28. The highest BCUT2D eigenvalue weighted by atomic mass is 79.9. The van der Waals surface area contributed by atoms with Crippen LogP contribution in [0.5, 0.6) is 11.5 Å². The number of phenolic OH excluding ortho intramolecular Hbond substituents is 1. The summed E-state index contributed by atoms with van der Waals surface area (Å²) in [5, 5.41) is 12.8. The minimum Gasteiger partial charge on any atom is -0.507 e. The SMILES string of the molecule is COc1ccc(C(=O)NC2CCCCC2Br)c(O)c1. The summed E-state index contributed by atoms with van der Waals surface area (Å²) in [7, 11) is 1.52. The molecule has 1 aliphatic carbocycles. The first-order valence-corrected chi connectivity index (χ1v) is 7.35. The Morgan fingerprint density at radius 2 is 2.16 bits per heavy atom. The molecular weight excluding hydrogens is 310 g/mol. The van der Waals surface area contributed by atoms with Crippen molar-refractivity contribution in [1.82, 2.24) is 5.32 Å². The zero-order chi connectivity index (χ0) is 13.8. The number of hydrogen-bond acceptors (Lipinski definition) is 3. The van der Waals surface area contributed by atoms with Gasteiger partial charge in [-0.3, -0.25) is 4.79 Å². The minimum absolute atomic E-state index is 0.0567. The van der Waals surface area contributed by atoms with E-state index in [-0.39, 0.29) is 23.3 Å². The van der Waals surface area contributed by atoms with Gasteiger partial charge in [0.25, 0.3) is 5.91 Å². The molecule has 0 saturated heterocycles. The van der Waals surface area contributed by atoms with Crippen LogP contribution in [-0.2, 0) is 0 Å². The monoisotopic (exact) mass is 327 g/mol. The second kappa shape index (κ2) is 6.28. The number of benzene rings is 1. The molecule has 5 heteroatoms. The maximum absolute atomic E-state index is 12.1. The molecule has 19 heavy (non-hydrogen) atoms. The Balaban J connectivity index is 2.07. The van der Waals surface area contributed by atoms with Crippen LogP contribution in [0.25, 0.3) is 0 Å². The van der Waals surface area contributed by atoms with E-state index < -0.39 is 0 Å². The van der Waals surface area contributed by atoms with Crippen LogP contribution >= 0.6 is 15.9 Å². The van der Waals surface area contributed by atoms with Gasteiger partial charge < -0.3 is 15.2 Å². The molecule has 2 N–H and O–H groups in total. The highest BCUT2D eigenvalue weighted by Gasteiger charge is 2.25. The van der Waals surface area contributed by atoms with Crippen molar-refractivity contribution < 1.29 is 14.6 Å². The molecule has 0 heterocycles. The second-order valence-corrected chi connectivity index (χ2v) is 5.94. The third-order valence-electron chi connectivity index (χ3n) is 3.45. The number of amides is 1. The third-order valence-corrected chi connectivity index (χ3v) is 4.54. The van der Waals surface area contributed by atoms with E-state index in [1.807, 2.05) is 0 Å². The maximum Gasteiger partial charge on any atom is 0.255 e. The van der Waals surface area contributed by atoms with Crippen LogP contribution < -0.4 is 10.1 Å². The van der Waals surface area contributed by atoms with E-state index in [1.54, 1.807) is 12.1 Å². The van der Waals surface area contributed by atoms with Gasteiger partial charge in [0, 0.05) is 16.9 Å². The number of alkyl halides is 1. The Morgan fingerprint density at radius 3 is 2.79 bits per heavy atom. The summed E-state index contributed by atoms with van der Waals surface area (Å²) in [5.41, 5.74) is 0.283. The van der Waals surface area contributed by atoms with Crippen molar-refractivity contribution in [3.63, 3.8) is 0 Å². The quantitative estimate of drug-likeness (QED) is 0.839. The van der Waals surface area contributed by atoms with E-state index in [2.05, 4.69) is 21.2 Å². The van der Waals surface area contributed by atoms with Gasteiger partial charge >= 0.3 is 0 Å². The van der Waals surface area contributed by atoms with Gasteiger partial charge in [0.05, 0.1) is 12.7 Å². The normalized spacial score (nSPS) is 22.8. The summed E-state index contributed by atoms with van der Waals surface area (Å²) >= 11 is 3.60. The van der Waals surface area contributed by atoms with E-state index in [9.17, 15) is 9.90 Å². The number of rotatable bonds is 3. The average Bonchev–Trinajstić information content (AvgIpc) is 2.41. The van der Waals surface area contributed by atoms with Crippen molar-refractivity contribution in [2.45, 2.75) is 36.6 Å². The highest BCUT2D eigenvalue weighted by molar-refractivity contribution is 9.09. The van der Waals surface area contributed by atoms with Crippen LogP contribution in [-0.4, -0.2) is 29.0 Å². The van der Waals surface area contributed by atoms with Crippen molar-refractivity contribution in [2.24, 2.45) is 0 Å². The zero-order valence-electron chi connectivity index (χ0n) is 10.9. The predicted molar refractivity (Wildman–Crippen MR) is 77.1 cm³/mol. The fraction of sp³-hybridized carbons (Fsp3) is 0.500. The lowest BCUT2D eigenvalue weighted by Crippen LogP contribution is -2.42. The predicted octanol–water partition coefficient (Wildman–Crippen LogP) is 2.84. The van der Waals surface area contributed by atoms with E-state index in [1.165, 1.54) is 19.6 Å². The first kappa shape index (κ1) is 14.2. The van der Waals surface area contributed by atoms with Crippen LogP contribution in [0.1, 0.15) is 36.0 Å². The molecule has 1 aliphatic rings. The zero-order valence-corrected chi connectivity index (χ0v) is 12.4. The third kappa shape index (κ3) is 3.41. The lowest BCUT2D eigenvalue weighted by atomic mass is 9.95. The number of ether oxygens (including phenoxy) is 1. The number of carbonyl (C=O) groups excluding carboxylic acids is 1. The van der Waals surface area contributed by atoms with Gasteiger partial charge in [-0.05, 0) is 25.0 Å². The van der Waals surface area contributed by atoms with Crippen molar-refractivity contribution in [2.75, 3.05) is 7.11 Å². The number of carbonyl (C=O) groups is 1. The number of methoxy groups -OCH3 is 1. The van der Waals surface area contributed by atoms with E-state index in [4.69, 9.17) is 4.74 Å². The molecule has 2 unspecified atom stereocenters. The second-order valence-electron chi connectivity index (χ2n) is 4.76. The smallest absolute Gasteiger partial charge is 0.255 e. The number of nitrogens with one attached hydrogen (secondary N) is 1. The first-order valence-electron chi connectivity index (χ1n) is 6.43. The Bertz CT molecular complexity index is 464. The minimum atomic E-state index is -0.239. The first-order chi connectivity index (χ1) is 9.11. The van der Waals surface area contributed by atoms with Gasteiger partial charge in [-0.15, -0.1) is 0 Å². The number of halogens is 1. The number of phenols is 1. The summed E-state index contributed by atoms with van der Waals surface area (Å²) in [6.45, 7) is 0. The molecule has 0 radical (unpaired) electrons. The summed E-state index contributed by atoms with van der Waals surface area (Å²) in [5.74, 6) is 0.236. The molecule has 0 aromatic heterocycles. The van der Waals surface area contributed by atoms with Crippen molar-refractivity contribution in [3.05, 3.63) is 23.8 Å². The Morgan fingerprint density at radius 1 is 1.42 bits per heavy atom. The maximum atomic E-state index is 12.1. The molecule has 0 bridgehead atoms. The number of hydrogen-bond donors (Lipinski definition) is 2. The fourth-order valence-corrected chi connectivity index (χ4v) is 3.05. The van der Waals surface area contributed by atoms with Gasteiger partial charge in [-0.25, -0.2) is 0 Å². The van der Waals surface area contributed by atoms with E-state index in [0.717, 1.165) is 19.3 Å². The summed E-state index contributed by atoms with van der Waals surface area (Å²) in [6.07, 6.45) is 4.36. The molecular formula is C14H18BrNO3. The Hall–Kier alpha value is -1.23. The molecule has 1 saturated carbocycles. The standard InChI is InChI=1S/C14H18BrNO3/c1-19-9-6-7-10(13(17)8-9)14(18)16-12-5-3-2-4-11(12)15/h6-8,11-12,17H,2-5H2,1H3,(H,16,18). The molecule has 1 aromatic carbocycles. The topological polar surface area (TPSA) is 58.6 Å². The van der Waals surface area contributed by atoms with Gasteiger partial charge in [-0.1, -0.05) is 28.8 Å². The van der Waals surface area contributed by atoms with Crippen LogP contribution in [0.2, 0.25) is 0 Å². The van der Waals surface area contributed by atoms with Crippen LogP contribution in [0.15, 0.2) is 18.2 Å². The molecule has 4 nitrogen and oxygen atoms in total. The van der Waals surface area contributed by atoms with Crippen molar-refractivity contribution in [3.8, 4) is 11.5 Å². The largest absolute Gasteiger partial charge is 0.507 e. The summed E-state index contributed by atoms with van der Waals surface area (Å²) < 4.78 is 5.00. The van der Waals surface area contributed by atoms with Gasteiger partial charge in [0.15, 0.2) is 0 Å². The molecule has 2 atom stereocenters. The van der Waals surface area contributed by atoms with Gasteiger partial charge in [0.1, 0.15) is 11.5 Å². The number of aromatic hydroxyl groups is 1. The van der Waals surface area contributed by atoms with Gasteiger partial charge in [0.2, 0.25) is 0 Å². The molecule has 1 fully saturated rings. The molecule has 2 rings (SSSR count). The molecule has 0 aliphatic heterocycles. The Kier molecular flexibility index (Phi) is 4.69. The van der Waals surface area contributed by atoms with Crippen LogP contribution in [0, 0.1) is 0 Å². The van der Waals surface area contributed by atoms with E-state index in [0.29, 0.717) is 10.6 Å². The summed E-state index contributed by atoms with van der Waals surface area (Å²) in [4.78, 5) is 12.5. The molecule has 1 amide bonds. The van der Waals surface area contributed by atoms with Crippen molar-refractivity contribution in [1.29, 1.82) is 0 Å². The lowest BCUT2D eigenvalue weighted by molar-refractivity contribution is 0.0927. The highest BCUT2D eigenvalue weighted by Crippen LogP contribution is 2.27. The summed E-state index contributed by atoms with van der Waals surface area (Å²) in [6, 6.07) is 4.82. The van der Waals surface area contributed by atoms with Gasteiger partial charge in [-0.2, -0.15) is 0 Å². The van der Waals surface area contributed by atoms with Crippen LogP contribution in [0.3, 0.4) is 0 Å². The molecule has 1 aromatic rings.